The molecular weight excluding hydrogens is 476 g/mol. The van der Waals surface area contributed by atoms with Crippen LogP contribution in [0.5, 0.6) is 23.0 Å². The van der Waals surface area contributed by atoms with Crippen molar-refractivity contribution in [1.29, 1.82) is 0 Å². The molecule has 204 valence electrons. The number of methoxy groups -OCH3 is 3. The number of hydrogen-bond donors (Lipinski definition) is 1. The molecule has 1 heterocycles. The van der Waals surface area contributed by atoms with Gasteiger partial charge in [-0.2, -0.15) is 0 Å². The maximum Gasteiger partial charge on any atom is 0.204 e. The zero-order chi connectivity index (χ0) is 27.0. The largest absolute Gasteiger partial charge is 0.496 e. The van der Waals surface area contributed by atoms with Crippen LogP contribution in [0.1, 0.15) is 70.4 Å². The SMILES string of the molecule is COc1cc(OC)c2c(c1OC)OC(c1ccccc1)=CC2C1(C)CCC2C1C1C(CCC2(C)O)C1(C)C. The fourth-order valence-corrected chi connectivity index (χ4v) is 8.85. The van der Waals surface area contributed by atoms with Gasteiger partial charge in [0, 0.05) is 23.1 Å². The second kappa shape index (κ2) is 8.67. The third-order valence-corrected chi connectivity index (χ3v) is 10.9. The Labute approximate surface area is 227 Å². The van der Waals surface area contributed by atoms with E-state index in [1.807, 2.05) is 24.3 Å². The monoisotopic (exact) mass is 518 g/mol. The van der Waals surface area contributed by atoms with Gasteiger partial charge in [-0.1, -0.05) is 51.1 Å². The normalized spacial score (nSPS) is 36.5. The van der Waals surface area contributed by atoms with Gasteiger partial charge in [-0.05, 0) is 73.2 Å². The maximum atomic E-state index is 11.7. The molecule has 1 N–H and O–H groups in total. The van der Waals surface area contributed by atoms with E-state index < -0.39 is 5.60 Å². The van der Waals surface area contributed by atoms with E-state index in [0.717, 1.165) is 48.3 Å². The minimum atomic E-state index is -0.645. The van der Waals surface area contributed by atoms with Crippen LogP contribution in [0.25, 0.3) is 5.76 Å². The van der Waals surface area contributed by atoms with Crippen molar-refractivity contribution < 1.29 is 24.1 Å². The number of allylic oxidation sites excluding steroid dienone is 1. The van der Waals surface area contributed by atoms with Gasteiger partial charge in [-0.25, -0.2) is 0 Å². The van der Waals surface area contributed by atoms with Gasteiger partial charge < -0.3 is 24.1 Å². The lowest BCUT2D eigenvalue weighted by Crippen LogP contribution is -2.42. The summed E-state index contributed by atoms with van der Waals surface area (Å²) in [5, 5.41) is 11.7. The Bertz CT molecular complexity index is 1260. The van der Waals surface area contributed by atoms with Crippen LogP contribution >= 0.6 is 0 Å². The standard InChI is InChI=1S/C33H42O5/c1-31(2)20-14-16-33(4,34)21-13-15-32(3,28(21)27(20)31)22-17-23(19-11-9-8-10-12-19)38-30-26(22)24(35-5)18-25(36-6)29(30)37-7/h8-12,17-18,20-22,27-28,34H,13-16H2,1-7H3. The third-order valence-electron chi connectivity index (χ3n) is 10.9. The molecule has 4 aliphatic rings. The fourth-order valence-electron chi connectivity index (χ4n) is 8.85. The predicted octanol–water partition coefficient (Wildman–Crippen LogP) is 7.08. The van der Waals surface area contributed by atoms with Gasteiger partial charge in [0.1, 0.15) is 11.5 Å². The van der Waals surface area contributed by atoms with Crippen molar-refractivity contribution in [3.05, 3.63) is 53.6 Å². The number of benzene rings is 2. The molecule has 38 heavy (non-hydrogen) atoms. The molecule has 2 aromatic rings. The topological polar surface area (TPSA) is 57.2 Å². The fraction of sp³-hybridized carbons (Fsp3) is 0.576. The van der Waals surface area contributed by atoms with E-state index in [1.54, 1.807) is 21.3 Å². The number of rotatable bonds is 5. The third kappa shape index (κ3) is 3.53. The van der Waals surface area contributed by atoms with Crippen molar-refractivity contribution in [1.82, 2.24) is 0 Å². The Morgan fingerprint density at radius 2 is 1.53 bits per heavy atom. The molecule has 3 fully saturated rings. The minimum absolute atomic E-state index is 0.0252. The first kappa shape index (κ1) is 25.6. The Morgan fingerprint density at radius 1 is 0.842 bits per heavy atom. The first-order valence-corrected chi connectivity index (χ1v) is 14.1. The molecule has 0 bridgehead atoms. The van der Waals surface area contributed by atoms with Crippen LogP contribution in [0.4, 0.5) is 0 Å². The number of aliphatic hydroxyl groups is 1. The van der Waals surface area contributed by atoms with E-state index in [4.69, 9.17) is 18.9 Å². The molecule has 0 aromatic heterocycles. The average Bonchev–Trinajstić information content (AvgIpc) is 3.32. The molecule has 0 saturated heterocycles. The van der Waals surface area contributed by atoms with Crippen LogP contribution in [-0.4, -0.2) is 32.0 Å². The molecule has 5 nitrogen and oxygen atoms in total. The highest BCUT2D eigenvalue weighted by Gasteiger charge is 2.70. The van der Waals surface area contributed by atoms with Crippen LogP contribution < -0.4 is 18.9 Å². The van der Waals surface area contributed by atoms with E-state index in [0.29, 0.717) is 40.4 Å². The quantitative estimate of drug-likeness (QED) is 0.458. The zero-order valence-electron chi connectivity index (χ0n) is 23.8. The lowest BCUT2D eigenvalue weighted by atomic mass is 9.61. The first-order valence-electron chi connectivity index (χ1n) is 14.1. The molecule has 0 amide bonds. The summed E-state index contributed by atoms with van der Waals surface area (Å²) in [5.74, 6) is 5.37. The van der Waals surface area contributed by atoms with Gasteiger partial charge in [-0.3, -0.25) is 0 Å². The second-order valence-electron chi connectivity index (χ2n) is 13.1. The van der Waals surface area contributed by atoms with Crippen molar-refractivity contribution in [2.75, 3.05) is 21.3 Å². The molecular formula is C33H42O5. The van der Waals surface area contributed by atoms with Gasteiger partial charge in [0.05, 0.1) is 26.9 Å². The van der Waals surface area contributed by atoms with Crippen molar-refractivity contribution in [3.8, 4) is 23.0 Å². The van der Waals surface area contributed by atoms with Crippen molar-refractivity contribution in [3.63, 3.8) is 0 Å². The second-order valence-corrected chi connectivity index (χ2v) is 13.1. The molecule has 2 aromatic carbocycles. The molecule has 6 rings (SSSR count). The molecule has 1 aliphatic heterocycles. The highest BCUT2D eigenvalue weighted by Crippen LogP contribution is 2.76. The Hall–Kier alpha value is -2.66. The van der Waals surface area contributed by atoms with Crippen LogP contribution in [-0.2, 0) is 0 Å². The highest BCUT2D eigenvalue weighted by molar-refractivity contribution is 5.74. The zero-order valence-corrected chi connectivity index (χ0v) is 23.8. The minimum Gasteiger partial charge on any atom is -0.496 e. The van der Waals surface area contributed by atoms with E-state index in [9.17, 15) is 5.11 Å². The van der Waals surface area contributed by atoms with E-state index in [-0.39, 0.29) is 17.3 Å². The van der Waals surface area contributed by atoms with Gasteiger partial charge in [0.25, 0.3) is 0 Å². The van der Waals surface area contributed by atoms with Crippen molar-refractivity contribution >= 4 is 5.76 Å². The predicted molar refractivity (Wildman–Crippen MR) is 149 cm³/mol. The van der Waals surface area contributed by atoms with Crippen LogP contribution in [0.2, 0.25) is 0 Å². The molecule has 3 aliphatic carbocycles. The lowest BCUT2D eigenvalue weighted by molar-refractivity contribution is -0.0415. The van der Waals surface area contributed by atoms with Crippen LogP contribution in [0, 0.1) is 34.5 Å². The summed E-state index contributed by atoms with van der Waals surface area (Å²) in [6, 6.07) is 12.2. The van der Waals surface area contributed by atoms with Crippen molar-refractivity contribution in [2.45, 2.75) is 64.9 Å². The van der Waals surface area contributed by atoms with E-state index in [1.165, 1.54) is 0 Å². The number of fused-ring (bicyclic) bond motifs is 4. The smallest absolute Gasteiger partial charge is 0.204 e. The number of hydrogen-bond acceptors (Lipinski definition) is 5. The van der Waals surface area contributed by atoms with E-state index >= 15 is 0 Å². The van der Waals surface area contributed by atoms with Gasteiger partial charge >= 0.3 is 0 Å². The Balaban J connectivity index is 1.58. The highest BCUT2D eigenvalue weighted by atomic mass is 16.5. The molecule has 7 atom stereocenters. The molecule has 7 unspecified atom stereocenters. The summed E-state index contributed by atoms with van der Waals surface area (Å²) in [4.78, 5) is 0. The summed E-state index contributed by atoms with van der Waals surface area (Å²) < 4.78 is 24.3. The van der Waals surface area contributed by atoms with Gasteiger partial charge in [-0.15, -0.1) is 0 Å². The lowest BCUT2D eigenvalue weighted by Gasteiger charge is -2.45. The molecule has 0 spiro atoms. The summed E-state index contributed by atoms with van der Waals surface area (Å²) in [5.41, 5.74) is 1.61. The van der Waals surface area contributed by atoms with E-state index in [2.05, 4.69) is 45.9 Å². The Kier molecular flexibility index (Phi) is 5.85. The maximum absolute atomic E-state index is 11.7. The summed E-state index contributed by atoms with van der Waals surface area (Å²) >= 11 is 0. The first-order chi connectivity index (χ1) is 18.1. The van der Waals surface area contributed by atoms with Crippen LogP contribution in [0.15, 0.2) is 42.5 Å². The summed E-state index contributed by atoms with van der Waals surface area (Å²) in [7, 11) is 5.02. The average molecular weight is 519 g/mol. The van der Waals surface area contributed by atoms with Crippen molar-refractivity contribution in [2.24, 2.45) is 34.5 Å². The van der Waals surface area contributed by atoms with Gasteiger partial charge in [0.2, 0.25) is 5.75 Å². The van der Waals surface area contributed by atoms with Crippen LogP contribution in [0.3, 0.4) is 0 Å². The molecule has 5 heteroatoms. The van der Waals surface area contributed by atoms with Gasteiger partial charge in [0.15, 0.2) is 11.5 Å². The molecule has 3 saturated carbocycles. The summed E-state index contributed by atoms with van der Waals surface area (Å²) in [6.45, 7) is 9.43. The molecule has 0 radical (unpaired) electrons. The summed E-state index contributed by atoms with van der Waals surface area (Å²) in [6.07, 6.45) is 6.39. The Morgan fingerprint density at radius 3 is 2.18 bits per heavy atom. The number of ether oxygens (including phenoxy) is 4.